The predicted molar refractivity (Wildman–Crippen MR) is 131 cm³/mol. The standard InChI is InChI=1S/C27H28N4O2/c1-17-25-23(16-24(20-8-6-5-7-9-20)28-26(25)30(3)29-17)27(32)31(18(2)19-10-11-19)21-12-14-22(33-4)15-13-21/h5-9,12-16,18-19H,10-11H2,1-4H3. The van der Waals surface area contributed by atoms with Crippen molar-refractivity contribution in [2.75, 3.05) is 12.0 Å². The van der Waals surface area contributed by atoms with Crippen LogP contribution < -0.4 is 9.64 Å². The maximum atomic E-state index is 14.3. The number of methoxy groups -OCH3 is 1. The molecule has 0 N–H and O–H groups in total. The first kappa shape index (κ1) is 21.2. The molecule has 168 valence electrons. The molecule has 1 fully saturated rings. The van der Waals surface area contributed by atoms with E-state index >= 15 is 0 Å². The van der Waals surface area contributed by atoms with Crippen LogP contribution in [0.3, 0.4) is 0 Å². The van der Waals surface area contributed by atoms with E-state index in [4.69, 9.17) is 9.72 Å². The SMILES string of the molecule is COc1ccc(N(C(=O)c2cc(-c3ccccc3)nc3c2c(C)nn3C)C(C)C2CC2)cc1. The van der Waals surface area contributed by atoms with E-state index in [2.05, 4.69) is 12.0 Å². The number of carbonyl (C=O) groups is 1. The second kappa shape index (κ2) is 8.35. The monoisotopic (exact) mass is 440 g/mol. The van der Waals surface area contributed by atoms with Gasteiger partial charge in [0.15, 0.2) is 5.65 Å². The van der Waals surface area contributed by atoms with Crippen molar-refractivity contribution >= 4 is 22.6 Å². The maximum Gasteiger partial charge on any atom is 0.259 e. The van der Waals surface area contributed by atoms with Crippen molar-refractivity contribution in [3.8, 4) is 17.0 Å². The largest absolute Gasteiger partial charge is 0.497 e. The topological polar surface area (TPSA) is 60.2 Å². The van der Waals surface area contributed by atoms with Crippen molar-refractivity contribution in [1.82, 2.24) is 14.8 Å². The summed E-state index contributed by atoms with van der Waals surface area (Å²) in [5.41, 5.74) is 4.75. The van der Waals surface area contributed by atoms with Crippen LogP contribution in [-0.2, 0) is 7.05 Å². The van der Waals surface area contributed by atoms with Gasteiger partial charge < -0.3 is 9.64 Å². The molecule has 6 heteroatoms. The Kier molecular flexibility index (Phi) is 5.36. The molecule has 0 radical (unpaired) electrons. The molecule has 1 saturated carbocycles. The van der Waals surface area contributed by atoms with Crippen LogP contribution >= 0.6 is 0 Å². The number of aromatic nitrogens is 3. The Morgan fingerprint density at radius 2 is 1.82 bits per heavy atom. The summed E-state index contributed by atoms with van der Waals surface area (Å²) in [6.45, 7) is 4.08. The number of benzene rings is 2. The fourth-order valence-electron chi connectivity index (χ4n) is 4.57. The molecule has 5 rings (SSSR count). The van der Waals surface area contributed by atoms with Crippen molar-refractivity contribution in [2.24, 2.45) is 13.0 Å². The molecule has 2 aromatic carbocycles. The van der Waals surface area contributed by atoms with Gasteiger partial charge in [0.1, 0.15) is 5.75 Å². The lowest BCUT2D eigenvalue weighted by molar-refractivity contribution is 0.0977. The van der Waals surface area contributed by atoms with Crippen molar-refractivity contribution in [3.05, 3.63) is 71.9 Å². The third-order valence-electron chi connectivity index (χ3n) is 6.55. The number of pyridine rings is 1. The van der Waals surface area contributed by atoms with Crippen molar-refractivity contribution < 1.29 is 9.53 Å². The van der Waals surface area contributed by atoms with Gasteiger partial charge in [0.05, 0.1) is 29.4 Å². The quantitative estimate of drug-likeness (QED) is 0.403. The minimum Gasteiger partial charge on any atom is -0.497 e. The highest BCUT2D eigenvalue weighted by Crippen LogP contribution is 2.39. The van der Waals surface area contributed by atoms with E-state index in [1.807, 2.05) is 79.5 Å². The van der Waals surface area contributed by atoms with Crippen molar-refractivity contribution in [2.45, 2.75) is 32.7 Å². The molecular weight excluding hydrogens is 412 g/mol. The summed E-state index contributed by atoms with van der Waals surface area (Å²) in [6, 6.07) is 19.7. The zero-order valence-corrected chi connectivity index (χ0v) is 19.4. The van der Waals surface area contributed by atoms with Gasteiger partial charge in [-0.25, -0.2) is 4.98 Å². The second-order valence-electron chi connectivity index (χ2n) is 8.78. The molecule has 1 aliphatic rings. The van der Waals surface area contributed by atoms with Crippen molar-refractivity contribution in [3.63, 3.8) is 0 Å². The first-order valence-electron chi connectivity index (χ1n) is 11.4. The Hall–Kier alpha value is -3.67. The first-order chi connectivity index (χ1) is 16.0. The lowest BCUT2D eigenvalue weighted by Crippen LogP contribution is -2.40. The number of anilines is 1. The molecule has 1 unspecified atom stereocenters. The van der Waals surface area contributed by atoms with Crippen LogP contribution in [0, 0.1) is 12.8 Å². The van der Waals surface area contributed by atoms with Crippen LogP contribution in [-0.4, -0.2) is 33.8 Å². The fraction of sp³-hybridized carbons (Fsp3) is 0.296. The Balaban J connectivity index is 1.68. The van der Waals surface area contributed by atoms with Crippen LogP contribution in [0.25, 0.3) is 22.3 Å². The Bertz CT molecular complexity index is 1310. The van der Waals surface area contributed by atoms with Gasteiger partial charge in [0.2, 0.25) is 0 Å². The highest BCUT2D eigenvalue weighted by Gasteiger charge is 2.36. The summed E-state index contributed by atoms with van der Waals surface area (Å²) >= 11 is 0. The number of amides is 1. The minimum atomic E-state index is -0.0275. The highest BCUT2D eigenvalue weighted by atomic mass is 16.5. The minimum absolute atomic E-state index is 0.0275. The number of ether oxygens (including phenoxy) is 1. The fourth-order valence-corrected chi connectivity index (χ4v) is 4.57. The van der Waals surface area contributed by atoms with Gasteiger partial charge in [-0.3, -0.25) is 9.48 Å². The van der Waals surface area contributed by atoms with E-state index in [-0.39, 0.29) is 11.9 Å². The zero-order chi connectivity index (χ0) is 23.1. The molecule has 2 aromatic heterocycles. The predicted octanol–water partition coefficient (Wildman–Crippen LogP) is 5.40. The van der Waals surface area contributed by atoms with E-state index < -0.39 is 0 Å². The number of carbonyl (C=O) groups excluding carboxylic acids is 1. The van der Waals surface area contributed by atoms with E-state index in [9.17, 15) is 4.79 Å². The molecule has 0 aliphatic heterocycles. The highest BCUT2D eigenvalue weighted by molar-refractivity contribution is 6.14. The summed E-state index contributed by atoms with van der Waals surface area (Å²) in [5.74, 6) is 1.25. The Labute approximate surface area is 193 Å². The summed E-state index contributed by atoms with van der Waals surface area (Å²) in [4.78, 5) is 21.1. The third-order valence-corrected chi connectivity index (χ3v) is 6.55. The lowest BCUT2D eigenvalue weighted by atomic mass is 10.0. The van der Waals surface area contributed by atoms with Gasteiger partial charge in [-0.15, -0.1) is 0 Å². The molecule has 33 heavy (non-hydrogen) atoms. The molecule has 1 aliphatic carbocycles. The summed E-state index contributed by atoms with van der Waals surface area (Å²) < 4.78 is 7.09. The van der Waals surface area contributed by atoms with Gasteiger partial charge >= 0.3 is 0 Å². The average molecular weight is 441 g/mol. The van der Waals surface area contributed by atoms with Crippen LogP contribution in [0.2, 0.25) is 0 Å². The van der Waals surface area contributed by atoms with Crippen LogP contribution in [0.15, 0.2) is 60.7 Å². The summed E-state index contributed by atoms with van der Waals surface area (Å²) in [7, 11) is 3.52. The van der Waals surface area contributed by atoms with E-state index in [1.165, 1.54) is 0 Å². The summed E-state index contributed by atoms with van der Waals surface area (Å²) in [5, 5.41) is 5.39. The number of rotatable bonds is 6. The van der Waals surface area contributed by atoms with E-state index in [0.717, 1.165) is 46.6 Å². The molecule has 2 heterocycles. The average Bonchev–Trinajstić information content (AvgIpc) is 3.65. The zero-order valence-electron chi connectivity index (χ0n) is 19.4. The number of hydrogen-bond acceptors (Lipinski definition) is 4. The second-order valence-corrected chi connectivity index (χ2v) is 8.78. The molecule has 1 atom stereocenters. The van der Waals surface area contributed by atoms with E-state index in [1.54, 1.807) is 11.8 Å². The van der Waals surface area contributed by atoms with Gasteiger partial charge in [-0.2, -0.15) is 5.10 Å². The van der Waals surface area contributed by atoms with Gasteiger partial charge in [-0.1, -0.05) is 30.3 Å². The molecule has 0 spiro atoms. The van der Waals surface area contributed by atoms with Crippen LogP contribution in [0.5, 0.6) is 5.75 Å². The number of aryl methyl sites for hydroxylation is 2. The van der Waals surface area contributed by atoms with E-state index in [0.29, 0.717) is 17.1 Å². The normalized spacial score (nSPS) is 14.3. The van der Waals surface area contributed by atoms with Gasteiger partial charge in [0.25, 0.3) is 5.91 Å². The molecule has 4 aromatic rings. The molecule has 0 bridgehead atoms. The summed E-state index contributed by atoms with van der Waals surface area (Å²) in [6.07, 6.45) is 2.29. The number of nitrogens with zero attached hydrogens (tertiary/aromatic N) is 4. The van der Waals surface area contributed by atoms with Crippen LogP contribution in [0.4, 0.5) is 5.69 Å². The Morgan fingerprint density at radius 1 is 1.12 bits per heavy atom. The molecule has 1 amide bonds. The van der Waals surface area contributed by atoms with Crippen molar-refractivity contribution in [1.29, 1.82) is 0 Å². The Morgan fingerprint density at radius 3 is 2.45 bits per heavy atom. The smallest absolute Gasteiger partial charge is 0.259 e. The van der Waals surface area contributed by atoms with Gasteiger partial charge in [-0.05, 0) is 62.9 Å². The third kappa shape index (κ3) is 3.86. The first-order valence-corrected chi connectivity index (χ1v) is 11.4. The maximum absolute atomic E-state index is 14.3. The number of hydrogen-bond donors (Lipinski definition) is 0. The molecule has 6 nitrogen and oxygen atoms in total. The van der Waals surface area contributed by atoms with Gasteiger partial charge in [0, 0.05) is 24.3 Å². The lowest BCUT2D eigenvalue weighted by Gasteiger charge is -2.30. The molecular formula is C27H28N4O2. The number of fused-ring (bicyclic) bond motifs is 1. The molecule has 0 saturated heterocycles. The van der Waals surface area contributed by atoms with Crippen LogP contribution in [0.1, 0.15) is 35.8 Å².